The van der Waals surface area contributed by atoms with Crippen LogP contribution in [0, 0.1) is 0 Å². The molecule has 0 heterocycles. The number of halogens is 2. The molecule has 0 radical (unpaired) electrons. The minimum Gasteiger partial charge on any atom is -0.103 e. The lowest BCUT2D eigenvalue weighted by atomic mass is 10.2. The predicted molar refractivity (Wildman–Crippen MR) is 163 cm³/mol. The lowest BCUT2D eigenvalue weighted by Gasteiger charge is -1.89. The molecule has 0 aliphatic rings. The Kier molecular flexibility index (Phi) is 68.1. The van der Waals surface area contributed by atoms with E-state index in [1.807, 2.05) is 30.4 Å². The molecule has 0 saturated carbocycles. The van der Waals surface area contributed by atoms with Gasteiger partial charge in [-0.15, -0.1) is 49.5 Å². The van der Waals surface area contributed by atoms with Gasteiger partial charge in [0.15, 0.2) is 0 Å². The molecule has 0 atom stereocenters. The SMILES string of the molecule is C=CCCCC.C=CCCCC.C=CCCCC.C=CCCCC.CCCCC=CC(Cl)Cl. The van der Waals surface area contributed by atoms with Gasteiger partial charge < -0.3 is 0 Å². The third-order valence-corrected chi connectivity index (χ3v) is 4.34. The number of hydrogen-bond donors (Lipinski definition) is 0. The average molecular weight is 504 g/mol. The Morgan fingerprint density at radius 3 is 0.879 bits per heavy atom. The first-order valence-electron chi connectivity index (χ1n) is 13.3. The summed E-state index contributed by atoms with van der Waals surface area (Å²) in [6, 6.07) is 0. The van der Waals surface area contributed by atoms with Crippen LogP contribution in [-0.4, -0.2) is 4.84 Å². The molecule has 33 heavy (non-hydrogen) atoms. The summed E-state index contributed by atoms with van der Waals surface area (Å²) in [6.45, 7) is 25.3. The second-order valence-electron chi connectivity index (χ2n) is 7.63. The van der Waals surface area contributed by atoms with Crippen molar-refractivity contribution in [2.45, 2.75) is 136 Å². The summed E-state index contributed by atoms with van der Waals surface area (Å²) in [5.41, 5.74) is 0. The van der Waals surface area contributed by atoms with Crippen LogP contribution in [-0.2, 0) is 0 Å². The smallest absolute Gasteiger partial charge is 0.103 e. The quantitative estimate of drug-likeness (QED) is 0.112. The zero-order chi connectivity index (χ0) is 26.4. The van der Waals surface area contributed by atoms with Crippen LogP contribution in [0.1, 0.15) is 131 Å². The highest BCUT2D eigenvalue weighted by molar-refractivity contribution is 6.45. The summed E-state index contributed by atoms with van der Waals surface area (Å²) in [5.74, 6) is 0. The van der Waals surface area contributed by atoms with Gasteiger partial charge in [0.2, 0.25) is 0 Å². The molecule has 0 aliphatic carbocycles. The van der Waals surface area contributed by atoms with Crippen molar-refractivity contribution in [2.75, 3.05) is 0 Å². The average Bonchev–Trinajstić information content (AvgIpc) is 2.83. The number of alkyl halides is 2. The van der Waals surface area contributed by atoms with Crippen LogP contribution >= 0.6 is 23.2 Å². The number of hydrogen-bond acceptors (Lipinski definition) is 0. The monoisotopic (exact) mass is 502 g/mol. The number of allylic oxidation sites excluding steroid dienone is 6. The van der Waals surface area contributed by atoms with Gasteiger partial charge in [0, 0.05) is 0 Å². The zero-order valence-corrected chi connectivity index (χ0v) is 24.7. The second kappa shape index (κ2) is 52.9. The Hall–Kier alpha value is -0.720. The second-order valence-corrected chi connectivity index (χ2v) is 8.79. The molecule has 0 aromatic carbocycles. The lowest BCUT2D eigenvalue weighted by Crippen LogP contribution is -1.75. The van der Waals surface area contributed by atoms with E-state index in [9.17, 15) is 0 Å². The van der Waals surface area contributed by atoms with Crippen LogP contribution in [0.5, 0.6) is 0 Å². The van der Waals surface area contributed by atoms with Gasteiger partial charge in [0.05, 0.1) is 0 Å². The predicted octanol–water partition coefficient (Wildman–Crippen LogP) is 13.0. The van der Waals surface area contributed by atoms with E-state index in [4.69, 9.17) is 23.2 Å². The van der Waals surface area contributed by atoms with Crippen molar-refractivity contribution in [3.63, 3.8) is 0 Å². The first-order chi connectivity index (χ1) is 15.9. The van der Waals surface area contributed by atoms with Crippen molar-refractivity contribution in [3.8, 4) is 0 Å². The summed E-state index contributed by atoms with van der Waals surface area (Å²) in [4.78, 5) is -0.332. The van der Waals surface area contributed by atoms with Crippen LogP contribution in [0.2, 0.25) is 0 Å². The minimum absolute atomic E-state index is 0.332. The summed E-state index contributed by atoms with van der Waals surface area (Å²) < 4.78 is 0. The molecule has 0 unspecified atom stereocenters. The van der Waals surface area contributed by atoms with E-state index < -0.39 is 0 Å². The van der Waals surface area contributed by atoms with Crippen molar-refractivity contribution in [1.82, 2.24) is 0 Å². The molecule has 2 heteroatoms. The largest absolute Gasteiger partial charge is 0.125 e. The van der Waals surface area contributed by atoms with E-state index >= 15 is 0 Å². The molecule has 0 bridgehead atoms. The van der Waals surface area contributed by atoms with Crippen molar-refractivity contribution in [1.29, 1.82) is 0 Å². The molecule has 0 amide bonds. The molecule has 0 fully saturated rings. The van der Waals surface area contributed by atoms with E-state index in [0.717, 1.165) is 6.42 Å². The molecule has 0 N–H and O–H groups in total. The summed E-state index contributed by atoms with van der Waals surface area (Å²) in [6.07, 6.45) is 30.2. The molecule has 0 spiro atoms. The molecule has 198 valence electrons. The van der Waals surface area contributed by atoms with Crippen molar-refractivity contribution < 1.29 is 0 Å². The summed E-state index contributed by atoms with van der Waals surface area (Å²) in [5, 5.41) is 0. The van der Waals surface area contributed by atoms with Gasteiger partial charge in [-0.25, -0.2) is 0 Å². The van der Waals surface area contributed by atoms with Crippen LogP contribution in [0.3, 0.4) is 0 Å². The van der Waals surface area contributed by atoms with Crippen LogP contribution in [0.25, 0.3) is 0 Å². The van der Waals surface area contributed by atoms with Crippen LogP contribution in [0.4, 0.5) is 0 Å². The number of unbranched alkanes of at least 4 members (excludes halogenated alkanes) is 10. The fourth-order valence-electron chi connectivity index (χ4n) is 1.91. The first kappa shape index (κ1) is 42.4. The first-order valence-corrected chi connectivity index (χ1v) is 14.2. The van der Waals surface area contributed by atoms with E-state index in [1.54, 1.807) is 6.08 Å². The Labute approximate surface area is 221 Å². The van der Waals surface area contributed by atoms with E-state index in [1.165, 1.54) is 89.9 Å². The Morgan fingerprint density at radius 1 is 0.485 bits per heavy atom. The van der Waals surface area contributed by atoms with Gasteiger partial charge in [-0.2, -0.15) is 0 Å². The van der Waals surface area contributed by atoms with E-state index in [2.05, 4.69) is 60.9 Å². The molecule has 0 nitrogen and oxygen atoms in total. The third kappa shape index (κ3) is 89.8. The normalized spacial score (nSPS) is 9.09. The minimum atomic E-state index is -0.332. The molecule has 0 aromatic heterocycles. The maximum absolute atomic E-state index is 5.44. The molecule has 0 saturated heterocycles. The highest BCUT2D eigenvalue weighted by atomic mass is 35.5. The summed E-state index contributed by atoms with van der Waals surface area (Å²) in [7, 11) is 0. The highest BCUT2D eigenvalue weighted by Gasteiger charge is 1.86. The third-order valence-electron chi connectivity index (χ3n) is 4.05. The van der Waals surface area contributed by atoms with Crippen molar-refractivity contribution >= 4 is 23.2 Å². The molecule has 0 rings (SSSR count). The zero-order valence-electron chi connectivity index (χ0n) is 23.2. The molecular weight excluding hydrogens is 443 g/mol. The Balaban J connectivity index is -0.000000100. The van der Waals surface area contributed by atoms with Crippen molar-refractivity contribution in [2.24, 2.45) is 0 Å². The topological polar surface area (TPSA) is 0 Å². The maximum Gasteiger partial charge on any atom is 0.125 e. The van der Waals surface area contributed by atoms with Gasteiger partial charge in [0.1, 0.15) is 4.84 Å². The molecular formula is C31H60Cl2. The molecule has 0 aliphatic heterocycles. The van der Waals surface area contributed by atoms with Gasteiger partial charge in [-0.05, 0) is 32.1 Å². The Bertz CT molecular complexity index is 308. The van der Waals surface area contributed by atoms with Gasteiger partial charge in [-0.3, -0.25) is 0 Å². The highest BCUT2D eigenvalue weighted by Crippen LogP contribution is 2.04. The van der Waals surface area contributed by atoms with Crippen LogP contribution in [0.15, 0.2) is 62.8 Å². The maximum atomic E-state index is 5.44. The van der Waals surface area contributed by atoms with Gasteiger partial charge in [0.25, 0.3) is 0 Å². The van der Waals surface area contributed by atoms with E-state index in [-0.39, 0.29) is 4.84 Å². The number of rotatable bonds is 16. The molecule has 0 aromatic rings. The van der Waals surface area contributed by atoms with Crippen LogP contribution < -0.4 is 0 Å². The summed E-state index contributed by atoms with van der Waals surface area (Å²) >= 11 is 10.9. The van der Waals surface area contributed by atoms with Gasteiger partial charge >= 0.3 is 0 Å². The standard InChI is InChI=1S/C7H12Cl2.4C6H12/c1-2-3-4-5-6-7(8)9;4*1-3-5-6-4-2/h5-7H,2-4H2,1H3;4*3H,1,4-6H2,2H3. The van der Waals surface area contributed by atoms with E-state index in [0.29, 0.717) is 0 Å². The van der Waals surface area contributed by atoms with Gasteiger partial charge in [-0.1, -0.05) is 135 Å². The fourth-order valence-corrected chi connectivity index (χ4v) is 2.12. The lowest BCUT2D eigenvalue weighted by molar-refractivity contribution is 0.814. The Morgan fingerprint density at radius 2 is 0.727 bits per heavy atom. The van der Waals surface area contributed by atoms with Crippen molar-refractivity contribution in [3.05, 3.63) is 62.8 Å². The fraction of sp³-hybridized carbons (Fsp3) is 0.677.